The fourth-order valence-corrected chi connectivity index (χ4v) is 12.3. The van der Waals surface area contributed by atoms with Crippen LogP contribution in [0.3, 0.4) is 0 Å². The highest BCUT2D eigenvalue weighted by Gasteiger charge is 2.93. The van der Waals surface area contributed by atoms with Gasteiger partial charge >= 0.3 is 53.7 Å². The molecule has 3 saturated heterocycles. The van der Waals surface area contributed by atoms with E-state index in [4.69, 9.17) is 105 Å². The van der Waals surface area contributed by atoms with Gasteiger partial charge in [0.15, 0.2) is 55.0 Å². The van der Waals surface area contributed by atoms with Gasteiger partial charge in [0.25, 0.3) is 0 Å². The zero-order valence-corrected chi connectivity index (χ0v) is 65.9. The predicted octanol–water partition coefficient (Wildman–Crippen LogP) is -3.76. The summed E-state index contributed by atoms with van der Waals surface area (Å²) in [7, 11) is 0. The molecule has 3 heterocycles. The number of rotatable bonds is 54. The van der Waals surface area contributed by atoms with Crippen molar-refractivity contribution in [2.45, 2.75) is 218 Å². The minimum atomic E-state index is -1.80. The van der Waals surface area contributed by atoms with Crippen LogP contribution >= 0.6 is 0 Å². The first kappa shape index (κ1) is 96.9. The molecule has 3 aliphatic heterocycles. The second kappa shape index (κ2) is 50.0. The third-order valence-electron chi connectivity index (χ3n) is 16.9. The van der Waals surface area contributed by atoms with E-state index in [0.717, 1.165) is 62.3 Å². The molecule has 43 nitrogen and oxygen atoms in total. The summed E-state index contributed by atoms with van der Waals surface area (Å²) in [6.45, 7) is 13.1. The summed E-state index contributed by atoms with van der Waals surface area (Å²) in [5.41, 5.74) is 2.20. The lowest BCUT2D eigenvalue weighted by atomic mass is 9.84. The molecule has 15 unspecified atom stereocenters. The van der Waals surface area contributed by atoms with Gasteiger partial charge in [-0.2, -0.15) is 0 Å². The van der Waals surface area contributed by atoms with Crippen LogP contribution in [-0.2, 0) is 171 Å². The first-order valence-electron chi connectivity index (χ1n) is 36.7. The first-order chi connectivity index (χ1) is 53.5. The summed E-state index contributed by atoms with van der Waals surface area (Å²) in [5, 5.41) is 16.1. The number of ether oxygens (including phenoxy) is 21. The number of esters is 9. The van der Waals surface area contributed by atoms with Crippen molar-refractivity contribution in [1.29, 1.82) is 0 Å². The van der Waals surface area contributed by atoms with Gasteiger partial charge in [-0.15, -0.1) is 0 Å². The van der Waals surface area contributed by atoms with Crippen molar-refractivity contribution in [1.82, 2.24) is 31.9 Å². The van der Waals surface area contributed by atoms with Crippen molar-refractivity contribution >= 4 is 89.2 Å². The fourth-order valence-electron chi connectivity index (χ4n) is 12.3. The number of hydrogen-bond acceptors (Lipinski definition) is 37. The normalized spacial score (nSPS) is 25.2. The number of amides is 6. The Morgan fingerprint density at radius 3 is 1.00 bits per heavy atom. The smallest absolute Gasteiger partial charge is 0.303 e. The lowest BCUT2D eigenvalue weighted by molar-refractivity contribution is -0.279. The molecule has 0 spiro atoms. The van der Waals surface area contributed by atoms with Crippen LogP contribution in [0.1, 0.15) is 122 Å². The highest BCUT2D eigenvalue weighted by molar-refractivity contribution is 5.79. The molecule has 8 N–H and O–H groups in total. The number of fused-ring (bicyclic) bond motifs is 1. The summed E-state index contributed by atoms with van der Waals surface area (Å²) in [5.74, 6) is -9.50. The van der Waals surface area contributed by atoms with E-state index < -0.39 is 205 Å². The molecular formula is C70H111N7O36. The van der Waals surface area contributed by atoms with E-state index in [1.54, 1.807) is 0 Å². The van der Waals surface area contributed by atoms with E-state index in [-0.39, 0.29) is 157 Å². The van der Waals surface area contributed by atoms with Crippen molar-refractivity contribution in [3.8, 4) is 0 Å². The van der Waals surface area contributed by atoms with Crippen LogP contribution in [0.2, 0.25) is 0 Å². The molecule has 6 amide bonds. The molecule has 113 heavy (non-hydrogen) atoms. The lowest BCUT2D eigenvalue weighted by Crippen LogP contribution is -2.66. The molecular weight excluding hydrogens is 1510 g/mol. The number of carbonyl (C=O) groups excluding carboxylic acids is 15. The maximum Gasteiger partial charge on any atom is 0.303 e. The fraction of sp³-hybridized carbons (Fsp3) is 0.786. The molecule has 0 aromatic rings. The van der Waals surface area contributed by atoms with Crippen LogP contribution in [0, 0.1) is 0 Å². The molecule has 43 heteroatoms. The standard InChI is InChI=1S/C70H111N7O36/c1-40(78)75-57-61(107-48(9)86)59(105-46(7)84)52(37-102-43(4)81)110-64(57)99-34-31-96-28-25-93-22-19-72-54(90)13-16-68(71,17-14-55(91)73-20-23-94-26-29-97-32-35-100-65-58(76-41(2)79)62(108-49(10)87)60(106-47(8)85)53(111-65)38-103-44(5)82)18-15-56(92)74-21-24-95-27-30-98-33-36-101-66-63(77-42(3)80)70(112-51(12)89)67(109-50(11)88)69(70,113-66)39-104-45(6)83/h52-53,57-67H,13-39,71H2,1-12H3,(H,72,90)(H,73,91)(H,74,92)(H,75,78)(H,76,79)(H,77,80). The van der Waals surface area contributed by atoms with E-state index in [2.05, 4.69) is 31.9 Å². The van der Waals surface area contributed by atoms with Crippen LogP contribution in [0.5, 0.6) is 0 Å². The third-order valence-corrected chi connectivity index (χ3v) is 16.9. The van der Waals surface area contributed by atoms with Crippen molar-refractivity contribution in [3.63, 3.8) is 0 Å². The molecule has 4 fully saturated rings. The minimum Gasteiger partial charge on any atom is -0.463 e. The Kier molecular flexibility index (Phi) is 42.9. The Balaban J connectivity index is 1.24. The highest BCUT2D eigenvalue weighted by Crippen LogP contribution is 2.64. The second-order valence-corrected chi connectivity index (χ2v) is 26.3. The molecule has 0 radical (unpaired) electrons. The van der Waals surface area contributed by atoms with E-state index in [0.29, 0.717) is 0 Å². The quantitative estimate of drug-likeness (QED) is 0.0175. The number of carbonyl (C=O) groups is 15. The van der Waals surface area contributed by atoms with Gasteiger partial charge in [-0.1, -0.05) is 0 Å². The van der Waals surface area contributed by atoms with Gasteiger partial charge in [0.1, 0.15) is 50.2 Å². The van der Waals surface area contributed by atoms with Crippen LogP contribution < -0.4 is 37.6 Å². The molecule has 1 saturated carbocycles. The van der Waals surface area contributed by atoms with E-state index in [9.17, 15) is 71.9 Å². The summed E-state index contributed by atoms with van der Waals surface area (Å²) < 4.78 is 118. The monoisotopic (exact) mass is 1630 g/mol. The van der Waals surface area contributed by atoms with Crippen LogP contribution in [0.15, 0.2) is 0 Å². The average molecular weight is 1630 g/mol. The van der Waals surface area contributed by atoms with Gasteiger partial charge in [0, 0.05) is 128 Å². The average Bonchev–Trinajstić information content (AvgIpc) is 1.47. The van der Waals surface area contributed by atoms with E-state index in [1.165, 1.54) is 20.8 Å². The van der Waals surface area contributed by atoms with Gasteiger partial charge in [0.05, 0.1) is 99.1 Å². The Labute approximate surface area is 652 Å². The van der Waals surface area contributed by atoms with Gasteiger partial charge in [0.2, 0.25) is 41.0 Å². The number of nitrogens with two attached hydrogens (primary N) is 1. The summed E-state index contributed by atoms with van der Waals surface area (Å²) in [6.07, 6.45) is -12.7. The molecule has 0 bridgehead atoms. The molecule has 0 aromatic carbocycles. The zero-order valence-electron chi connectivity index (χ0n) is 65.9. The van der Waals surface area contributed by atoms with Crippen molar-refractivity contribution in [2.24, 2.45) is 5.73 Å². The summed E-state index contributed by atoms with van der Waals surface area (Å²) in [6, 6.07) is -3.54. The maximum atomic E-state index is 13.2. The Hall–Kier alpha value is -8.47. The molecule has 1 aliphatic carbocycles. The van der Waals surface area contributed by atoms with Crippen LogP contribution in [0.25, 0.3) is 0 Å². The number of nitrogens with one attached hydrogen (secondary N) is 6. The van der Waals surface area contributed by atoms with E-state index >= 15 is 0 Å². The topological polar surface area (TPSA) is 548 Å². The Morgan fingerprint density at radius 2 is 0.681 bits per heavy atom. The summed E-state index contributed by atoms with van der Waals surface area (Å²) in [4.78, 5) is 185. The van der Waals surface area contributed by atoms with Crippen LogP contribution in [-0.4, -0.2) is 324 Å². The second-order valence-electron chi connectivity index (χ2n) is 26.3. The summed E-state index contributed by atoms with van der Waals surface area (Å²) >= 11 is 0. The van der Waals surface area contributed by atoms with Crippen molar-refractivity contribution in [3.05, 3.63) is 0 Å². The molecule has 642 valence electrons. The molecule has 0 aromatic heterocycles. The van der Waals surface area contributed by atoms with Gasteiger partial charge in [-0.3, -0.25) is 71.9 Å². The zero-order chi connectivity index (χ0) is 83.8. The predicted molar refractivity (Wildman–Crippen MR) is 376 cm³/mol. The maximum absolute atomic E-state index is 13.2. The van der Waals surface area contributed by atoms with Crippen molar-refractivity contribution < 1.29 is 171 Å². The lowest BCUT2D eigenvalue weighted by Gasteiger charge is -2.44. The van der Waals surface area contributed by atoms with E-state index in [1.807, 2.05) is 0 Å². The van der Waals surface area contributed by atoms with Gasteiger partial charge in [-0.25, -0.2) is 0 Å². The minimum absolute atomic E-state index is 0.0108. The van der Waals surface area contributed by atoms with Gasteiger partial charge in [-0.05, 0) is 19.3 Å². The molecule has 15 atom stereocenters. The van der Waals surface area contributed by atoms with Crippen LogP contribution in [0.4, 0.5) is 0 Å². The Morgan fingerprint density at radius 1 is 0.363 bits per heavy atom. The van der Waals surface area contributed by atoms with Crippen molar-refractivity contribution in [2.75, 3.05) is 139 Å². The Bertz CT molecular complexity index is 2950. The highest BCUT2D eigenvalue weighted by atomic mass is 16.8. The third kappa shape index (κ3) is 34.6. The SMILES string of the molecule is CC(=O)NC1C(OCCOCCOCCNC(=O)CCC(N)(CCC(=O)NCCOCCOCCOC2OC(COC(C)=O)C(OC(C)=O)C(OC(C)=O)C2NC(C)=O)CCC(=O)NCCOCCOCCOC2OC3(COC(C)=O)C(OC(C)=O)C3(OC(C)=O)C2NC(C)=O)OC(COC(C)=O)C(OC(C)=O)C1OC(C)=O. The molecule has 4 aliphatic rings. The number of hydrogen-bond donors (Lipinski definition) is 7. The largest absolute Gasteiger partial charge is 0.463 e. The first-order valence-corrected chi connectivity index (χ1v) is 36.7. The molecule has 4 rings (SSSR count). The van der Waals surface area contributed by atoms with Gasteiger partial charge < -0.3 is 137 Å².